The van der Waals surface area contributed by atoms with Gasteiger partial charge in [0.05, 0.1) is 23.0 Å². The molecule has 1 aromatic rings. The Bertz CT molecular complexity index is 651. The molecule has 150 valence electrons. The third-order valence-electron chi connectivity index (χ3n) is 3.94. The van der Waals surface area contributed by atoms with E-state index in [0.717, 1.165) is 12.2 Å². The van der Waals surface area contributed by atoms with Crippen molar-refractivity contribution in [3.63, 3.8) is 0 Å². The van der Waals surface area contributed by atoms with Gasteiger partial charge in [0.15, 0.2) is 5.78 Å². The van der Waals surface area contributed by atoms with Crippen LogP contribution in [-0.2, 0) is 14.3 Å². The number of carbonyl (C=O) groups excluding carboxylic acids is 2. The number of carboxylic acids is 1. The maximum absolute atomic E-state index is 12.4. The van der Waals surface area contributed by atoms with Crippen LogP contribution in [0.15, 0.2) is 18.2 Å². The molecule has 1 amide bonds. The number of benzene rings is 1. The van der Waals surface area contributed by atoms with Crippen molar-refractivity contribution in [3.05, 3.63) is 23.8 Å². The van der Waals surface area contributed by atoms with Gasteiger partial charge in [0.1, 0.15) is 0 Å². The number of carboxylic acid groups (broad SMARTS) is 1. The largest absolute Gasteiger partial charge is 0.481 e. The molecule has 0 aromatic heterocycles. The van der Waals surface area contributed by atoms with Crippen LogP contribution in [0.4, 0.5) is 11.4 Å². The van der Waals surface area contributed by atoms with E-state index in [9.17, 15) is 19.5 Å². The minimum absolute atomic E-state index is 0.0736. The van der Waals surface area contributed by atoms with Crippen LogP contribution >= 0.6 is 11.8 Å². The number of anilines is 2. The van der Waals surface area contributed by atoms with Crippen LogP contribution in [0.5, 0.6) is 0 Å². The highest BCUT2D eigenvalue weighted by Gasteiger charge is 2.21. The van der Waals surface area contributed by atoms with Crippen molar-refractivity contribution < 1.29 is 24.2 Å². The van der Waals surface area contributed by atoms with Gasteiger partial charge in [0.2, 0.25) is 5.91 Å². The molecular formula is C19H28N2O5S. The highest BCUT2D eigenvalue weighted by atomic mass is 32.2. The smallest absolute Gasteiger partial charge is 0.306 e. The Morgan fingerprint density at radius 3 is 2.70 bits per heavy atom. The summed E-state index contributed by atoms with van der Waals surface area (Å²) in [6.45, 7) is 2.53. The summed E-state index contributed by atoms with van der Waals surface area (Å²) in [7, 11) is 1.63. The van der Waals surface area contributed by atoms with E-state index in [1.54, 1.807) is 19.2 Å². The van der Waals surface area contributed by atoms with Crippen molar-refractivity contribution in [2.75, 3.05) is 36.3 Å². The summed E-state index contributed by atoms with van der Waals surface area (Å²) < 4.78 is 4.95. The number of nitrogens with two attached hydrogens (primary N) is 1. The van der Waals surface area contributed by atoms with Gasteiger partial charge in [0, 0.05) is 25.7 Å². The normalized spacial score (nSPS) is 11.8. The average molecular weight is 397 g/mol. The number of methoxy groups -OCH3 is 1. The van der Waals surface area contributed by atoms with Gasteiger partial charge in [-0.25, -0.2) is 0 Å². The fraction of sp³-hybridized carbons (Fsp3) is 0.526. The van der Waals surface area contributed by atoms with Gasteiger partial charge in [-0.15, -0.1) is 0 Å². The van der Waals surface area contributed by atoms with E-state index in [0.29, 0.717) is 36.4 Å². The molecule has 8 heteroatoms. The third kappa shape index (κ3) is 8.45. The zero-order valence-electron chi connectivity index (χ0n) is 15.8. The minimum atomic E-state index is -0.973. The first-order valence-corrected chi connectivity index (χ1v) is 10.1. The van der Waals surface area contributed by atoms with Gasteiger partial charge < -0.3 is 20.9 Å². The van der Waals surface area contributed by atoms with Crippen molar-refractivity contribution in [2.24, 2.45) is 5.92 Å². The summed E-state index contributed by atoms with van der Waals surface area (Å²) in [5.74, 6) is -1.08. The van der Waals surface area contributed by atoms with Crippen LogP contribution in [-0.4, -0.2) is 48.0 Å². The van der Waals surface area contributed by atoms with Gasteiger partial charge in [-0.05, 0) is 36.8 Å². The number of nitrogen functional groups attached to an aromatic ring is 1. The second kappa shape index (κ2) is 12.3. The molecule has 0 aliphatic heterocycles. The van der Waals surface area contributed by atoms with Crippen LogP contribution in [0, 0.1) is 5.92 Å². The standard InChI is InChI=1S/C19H28N2O5S/c1-3-5-14(19(24)25)11-17(22)13-6-7-15(20)16(10-13)21-18(23)12-27-9-4-8-26-2/h6-7,10,14H,3-5,8-9,11-12,20H2,1-2H3,(H,21,23)(H,24,25). The average Bonchev–Trinajstić information content (AvgIpc) is 2.62. The molecule has 0 spiro atoms. The number of hydrogen-bond donors (Lipinski definition) is 3. The Balaban J connectivity index is 2.69. The minimum Gasteiger partial charge on any atom is -0.481 e. The molecule has 0 aliphatic carbocycles. The lowest BCUT2D eigenvalue weighted by molar-refractivity contribution is -0.141. The Morgan fingerprint density at radius 1 is 1.33 bits per heavy atom. The fourth-order valence-electron chi connectivity index (χ4n) is 2.50. The summed E-state index contributed by atoms with van der Waals surface area (Å²) in [5, 5.41) is 11.9. The molecule has 0 fully saturated rings. The molecule has 27 heavy (non-hydrogen) atoms. The Hall–Kier alpha value is -2.06. The molecule has 7 nitrogen and oxygen atoms in total. The van der Waals surface area contributed by atoms with Crippen LogP contribution in [0.25, 0.3) is 0 Å². The quantitative estimate of drug-likeness (QED) is 0.266. The van der Waals surface area contributed by atoms with Crippen LogP contribution < -0.4 is 11.1 Å². The molecule has 0 radical (unpaired) electrons. The molecular weight excluding hydrogens is 368 g/mol. The Labute approximate surface area is 164 Å². The van der Waals surface area contributed by atoms with Gasteiger partial charge in [-0.1, -0.05) is 13.3 Å². The Kier molecular flexibility index (Phi) is 10.5. The lowest BCUT2D eigenvalue weighted by atomic mass is 9.94. The van der Waals surface area contributed by atoms with Crippen molar-refractivity contribution in [1.82, 2.24) is 0 Å². The second-order valence-electron chi connectivity index (χ2n) is 6.20. The van der Waals surface area contributed by atoms with E-state index >= 15 is 0 Å². The molecule has 1 unspecified atom stereocenters. The number of ketones is 1. The van der Waals surface area contributed by atoms with Crippen molar-refractivity contribution >= 4 is 40.8 Å². The SMILES string of the molecule is CCCC(CC(=O)c1ccc(N)c(NC(=O)CSCCCOC)c1)C(=O)O. The van der Waals surface area contributed by atoms with Crippen molar-refractivity contribution in [1.29, 1.82) is 0 Å². The van der Waals surface area contributed by atoms with E-state index in [1.807, 2.05) is 6.92 Å². The number of rotatable bonds is 13. The summed E-state index contributed by atoms with van der Waals surface area (Å²) in [6.07, 6.45) is 1.92. The zero-order chi connectivity index (χ0) is 20.2. The monoisotopic (exact) mass is 396 g/mol. The predicted molar refractivity (Wildman–Crippen MR) is 108 cm³/mol. The number of thioether (sulfide) groups is 1. The summed E-state index contributed by atoms with van der Waals surface area (Å²) in [4.78, 5) is 35.7. The first-order valence-electron chi connectivity index (χ1n) is 8.91. The number of aliphatic carboxylic acids is 1. The maximum atomic E-state index is 12.4. The van der Waals surface area contributed by atoms with Gasteiger partial charge in [-0.2, -0.15) is 11.8 Å². The molecule has 0 bridgehead atoms. The van der Waals surface area contributed by atoms with Crippen molar-refractivity contribution in [2.45, 2.75) is 32.6 Å². The van der Waals surface area contributed by atoms with Crippen LogP contribution in [0.1, 0.15) is 43.0 Å². The van der Waals surface area contributed by atoms with Crippen molar-refractivity contribution in [3.8, 4) is 0 Å². The van der Waals surface area contributed by atoms with E-state index < -0.39 is 11.9 Å². The first-order chi connectivity index (χ1) is 12.9. The summed E-state index contributed by atoms with van der Waals surface area (Å²) in [5.41, 5.74) is 6.95. The molecule has 0 heterocycles. The number of ether oxygens (including phenoxy) is 1. The first kappa shape index (κ1) is 23.0. The topological polar surface area (TPSA) is 119 Å². The molecule has 1 atom stereocenters. The lowest BCUT2D eigenvalue weighted by Gasteiger charge is -2.12. The number of carbonyl (C=O) groups is 3. The van der Waals surface area contributed by atoms with Gasteiger partial charge >= 0.3 is 5.97 Å². The number of hydrogen-bond acceptors (Lipinski definition) is 6. The lowest BCUT2D eigenvalue weighted by Crippen LogP contribution is -2.19. The van der Waals surface area contributed by atoms with Gasteiger partial charge in [0.25, 0.3) is 0 Å². The fourth-order valence-corrected chi connectivity index (χ4v) is 3.22. The molecule has 0 aliphatic rings. The summed E-state index contributed by atoms with van der Waals surface area (Å²) >= 11 is 1.49. The molecule has 4 N–H and O–H groups in total. The number of amides is 1. The molecule has 0 saturated carbocycles. The maximum Gasteiger partial charge on any atom is 0.306 e. The number of nitrogens with one attached hydrogen (secondary N) is 1. The number of Topliss-reactive ketones (excluding diaryl/α,β-unsaturated/α-hetero) is 1. The van der Waals surface area contributed by atoms with E-state index in [1.165, 1.54) is 17.8 Å². The second-order valence-corrected chi connectivity index (χ2v) is 7.31. The molecule has 1 aromatic carbocycles. The Morgan fingerprint density at radius 2 is 2.07 bits per heavy atom. The van der Waals surface area contributed by atoms with Crippen LogP contribution in [0.3, 0.4) is 0 Å². The highest BCUT2D eigenvalue weighted by molar-refractivity contribution is 7.99. The van der Waals surface area contributed by atoms with E-state index in [2.05, 4.69) is 5.32 Å². The van der Waals surface area contributed by atoms with E-state index in [-0.39, 0.29) is 23.9 Å². The third-order valence-corrected chi connectivity index (χ3v) is 4.98. The van der Waals surface area contributed by atoms with Gasteiger partial charge in [-0.3, -0.25) is 14.4 Å². The molecule has 1 rings (SSSR count). The predicted octanol–water partition coefficient (Wildman–Crippen LogP) is 3.05. The zero-order valence-corrected chi connectivity index (χ0v) is 16.6. The highest BCUT2D eigenvalue weighted by Crippen LogP contribution is 2.23. The van der Waals surface area contributed by atoms with E-state index in [4.69, 9.17) is 10.5 Å². The van der Waals surface area contributed by atoms with Crippen LogP contribution in [0.2, 0.25) is 0 Å². The summed E-state index contributed by atoms with van der Waals surface area (Å²) in [6, 6.07) is 4.61. The molecule has 0 saturated heterocycles.